The normalized spacial score (nSPS) is 14.0. The van der Waals surface area contributed by atoms with E-state index >= 15 is 0 Å². The number of amides is 1. The highest BCUT2D eigenvalue weighted by Crippen LogP contribution is 2.27. The Morgan fingerprint density at radius 2 is 1.41 bits per heavy atom. The van der Waals surface area contributed by atoms with E-state index in [0.29, 0.717) is 0 Å². The van der Waals surface area contributed by atoms with Crippen molar-refractivity contribution >= 4 is 23.6 Å². The quantitative estimate of drug-likeness (QED) is 0.490. The zero-order valence-electron chi connectivity index (χ0n) is 22.1. The maximum atomic E-state index is 13.3. The molecule has 0 saturated heterocycles. The van der Waals surface area contributed by atoms with Gasteiger partial charge in [-0.05, 0) is 31.7 Å². The van der Waals surface area contributed by atoms with Gasteiger partial charge in [-0.25, -0.2) is 4.79 Å². The fourth-order valence-corrected chi connectivity index (χ4v) is 3.18. The van der Waals surface area contributed by atoms with Crippen LogP contribution < -0.4 is 5.32 Å². The van der Waals surface area contributed by atoms with Crippen LogP contribution in [0, 0.1) is 16.7 Å². The van der Waals surface area contributed by atoms with E-state index in [4.69, 9.17) is 9.47 Å². The predicted molar refractivity (Wildman–Crippen MR) is 131 cm³/mol. The van der Waals surface area contributed by atoms with Crippen LogP contribution in [0.15, 0.2) is 30.3 Å². The molecule has 1 rings (SSSR count). The number of ether oxygens (including phenoxy) is 2. The Bertz CT molecular complexity index is 856. The Balaban J connectivity index is 3.06. The number of hydrogen-bond donors (Lipinski definition) is 1. The standard InChI is InChI=1S/C27H41NO6/c1-25(2,3)21(30)16-19(23(31)33-17-18-13-11-10-12-14-18)15-20(29)22(26(4,5)6)28-24(32)34-27(7,8)9/h10-14,19,22H,15-17H2,1-9H3,(H,28,32)/t19-,22-/m1/s1. The highest BCUT2D eigenvalue weighted by atomic mass is 16.6. The van der Waals surface area contributed by atoms with Gasteiger partial charge in [0.2, 0.25) is 0 Å². The molecule has 7 nitrogen and oxygen atoms in total. The van der Waals surface area contributed by atoms with Crippen molar-refractivity contribution in [2.75, 3.05) is 0 Å². The molecule has 0 bridgehead atoms. The van der Waals surface area contributed by atoms with Gasteiger partial charge in [0.05, 0.1) is 12.0 Å². The van der Waals surface area contributed by atoms with Crippen LogP contribution >= 0.6 is 0 Å². The highest BCUT2D eigenvalue weighted by Gasteiger charge is 2.38. The maximum absolute atomic E-state index is 13.3. The lowest BCUT2D eigenvalue weighted by molar-refractivity contribution is -0.153. The maximum Gasteiger partial charge on any atom is 0.408 e. The number of carbonyl (C=O) groups is 4. The number of carbonyl (C=O) groups excluding carboxylic acids is 4. The first kappa shape index (κ1) is 29.3. The minimum atomic E-state index is -0.951. The number of Topliss-reactive ketones (excluding diaryl/α,β-unsaturated/α-hetero) is 2. The molecule has 1 aromatic rings. The zero-order valence-corrected chi connectivity index (χ0v) is 22.1. The van der Waals surface area contributed by atoms with Gasteiger partial charge < -0.3 is 14.8 Å². The van der Waals surface area contributed by atoms with Crippen LogP contribution in [0.25, 0.3) is 0 Å². The monoisotopic (exact) mass is 475 g/mol. The minimum Gasteiger partial charge on any atom is -0.461 e. The second-order valence-electron chi connectivity index (χ2n) is 11.8. The van der Waals surface area contributed by atoms with Crippen LogP contribution in [0.1, 0.15) is 80.7 Å². The van der Waals surface area contributed by atoms with Gasteiger partial charge in [-0.15, -0.1) is 0 Å². The fourth-order valence-electron chi connectivity index (χ4n) is 3.18. The number of benzene rings is 1. The van der Waals surface area contributed by atoms with Gasteiger partial charge in [-0.2, -0.15) is 0 Å². The van der Waals surface area contributed by atoms with Gasteiger partial charge in [-0.3, -0.25) is 14.4 Å². The molecule has 1 amide bonds. The van der Waals surface area contributed by atoms with Crippen molar-refractivity contribution in [3.05, 3.63) is 35.9 Å². The predicted octanol–water partition coefficient (Wildman–Crippen LogP) is 5.25. The molecule has 1 N–H and O–H groups in total. The minimum absolute atomic E-state index is 0.0485. The Hall–Kier alpha value is -2.70. The van der Waals surface area contributed by atoms with Gasteiger partial charge in [0.25, 0.3) is 0 Å². The average Bonchev–Trinajstić information content (AvgIpc) is 2.67. The molecule has 0 saturated carbocycles. The lowest BCUT2D eigenvalue weighted by Gasteiger charge is -2.32. The molecule has 0 unspecified atom stereocenters. The van der Waals surface area contributed by atoms with Crippen molar-refractivity contribution in [2.24, 2.45) is 16.7 Å². The Morgan fingerprint density at radius 3 is 1.88 bits per heavy atom. The average molecular weight is 476 g/mol. The van der Waals surface area contributed by atoms with Gasteiger partial charge in [-0.1, -0.05) is 71.9 Å². The molecule has 0 aromatic heterocycles. The summed E-state index contributed by atoms with van der Waals surface area (Å²) < 4.78 is 10.8. The summed E-state index contributed by atoms with van der Waals surface area (Å²) >= 11 is 0. The smallest absolute Gasteiger partial charge is 0.408 e. The first-order valence-corrected chi connectivity index (χ1v) is 11.7. The van der Waals surface area contributed by atoms with Crippen molar-refractivity contribution < 1.29 is 28.7 Å². The van der Waals surface area contributed by atoms with E-state index in [9.17, 15) is 19.2 Å². The van der Waals surface area contributed by atoms with Gasteiger partial charge >= 0.3 is 12.1 Å². The molecule has 0 fully saturated rings. The highest BCUT2D eigenvalue weighted by molar-refractivity contribution is 5.94. The zero-order chi connectivity index (χ0) is 26.3. The molecular weight excluding hydrogens is 434 g/mol. The molecule has 0 aliphatic carbocycles. The van der Waals surface area contributed by atoms with E-state index in [0.717, 1.165) is 5.56 Å². The van der Waals surface area contributed by atoms with Crippen LogP contribution in [0.2, 0.25) is 0 Å². The second kappa shape index (κ2) is 11.6. The third-order valence-electron chi connectivity index (χ3n) is 5.12. The van der Waals surface area contributed by atoms with E-state index in [1.165, 1.54) is 0 Å². The summed E-state index contributed by atoms with van der Waals surface area (Å²) in [5.41, 5.74) is -1.22. The number of hydrogen-bond acceptors (Lipinski definition) is 6. The summed E-state index contributed by atoms with van der Waals surface area (Å²) in [6.07, 6.45) is -1.06. The van der Waals surface area contributed by atoms with Crippen molar-refractivity contribution in [3.8, 4) is 0 Å². The van der Waals surface area contributed by atoms with E-state index < -0.39 is 40.5 Å². The molecule has 1 aromatic carbocycles. The van der Waals surface area contributed by atoms with Crippen LogP contribution in [-0.2, 0) is 30.5 Å². The van der Waals surface area contributed by atoms with Crippen LogP contribution in [0.4, 0.5) is 4.79 Å². The number of nitrogens with one attached hydrogen (secondary N) is 1. The molecule has 34 heavy (non-hydrogen) atoms. The molecule has 7 heteroatoms. The van der Waals surface area contributed by atoms with Crippen molar-refractivity contribution in [1.29, 1.82) is 0 Å². The largest absolute Gasteiger partial charge is 0.461 e. The van der Waals surface area contributed by atoms with Crippen LogP contribution in [0.5, 0.6) is 0 Å². The lowest BCUT2D eigenvalue weighted by atomic mass is 9.79. The van der Waals surface area contributed by atoms with Gasteiger partial charge in [0.1, 0.15) is 18.0 Å². The SMILES string of the molecule is CC(C)(C)OC(=O)N[C@H](C(=O)C[C@H](CC(=O)C(C)(C)C)C(=O)OCc1ccccc1)C(C)(C)C. The molecule has 0 radical (unpaired) electrons. The van der Waals surface area contributed by atoms with E-state index in [1.54, 1.807) is 41.5 Å². The van der Waals surface area contributed by atoms with E-state index in [-0.39, 0.29) is 31.0 Å². The Labute approximate surface area is 204 Å². The van der Waals surface area contributed by atoms with Crippen molar-refractivity contribution in [1.82, 2.24) is 5.32 Å². The Kier molecular flexibility index (Phi) is 10.0. The van der Waals surface area contributed by atoms with Gasteiger partial charge in [0.15, 0.2) is 5.78 Å². The number of alkyl carbamates (subject to hydrolysis) is 1. The summed E-state index contributed by atoms with van der Waals surface area (Å²) in [4.78, 5) is 51.4. The van der Waals surface area contributed by atoms with E-state index in [2.05, 4.69) is 5.32 Å². The third kappa shape index (κ3) is 10.5. The summed E-state index contributed by atoms with van der Waals surface area (Å²) in [6.45, 7) is 16.0. The third-order valence-corrected chi connectivity index (χ3v) is 5.12. The van der Waals surface area contributed by atoms with Crippen molar-refractivity contribution in [2.45, 2.75) is 93.4 Å². The number of rotatable bonds is 9. The molecule has 0 aliphatic heterocycles. The number of esters is 1. The first-order valence-electron chi connectivity index (χ1n) is 11.7. The first-order chi connectivity index (χ1) is 15.4. The summed E-state index contributed by atoms with van der Waals surface area (Å²) in [5.74, 6) is -2.07. The molecule has 0 spiro atoms. The number of ketones is 2. The molecule has 0 aliphatic rings. The fraction of sp³-hybridized carbons (Fsp3) is 0.630. The molecule has 190 valence electrons. The lowest BCUT2D eigenvalue weighted by Crippen LogP contribution is -2.51. The van der Waals surface area contributed by atoms with E-state index in [1.807, 2.05) is 51.1 Å². The van der Waals surface area contributed by atoms with Crippen LogP contribution in [0.3, 0.4) is 0 Å². The molecule has 2 atom stereocenters. The summed E-state index contributed by atoms with van der Waals surface area (Å²) in [7, 11) is 0. The van der Waals surface area contributed by atoms with Crippen LogP contribution in [-0.4, -0.2) is 35.3 Å². The van der Waals surface area contributed by atoms with Gasteiger partial charge in [0, 0.05) is 18.3 Å². The Morgan fingerprint density at radius 1 is 0.853 bits per heavy atom. The molecule has 0 heterocycles. The topological polar surface area (TPSA) is 98.8 Å². The second-order valence-corrected chi connectivity index (χ2v) is 11.8. The van der Waals surface area contributed by atoms with Crippen molar-refractivity contribution in [3.63, 3.8) is 0 Å². The summed E-state index contributed by atoms with van der Waals surface area (Å²) in [5, 5.41) is 2.65. The molecular formula is C27H41NO6. The summed E-state index contributed by atoms with van der Waals surface area (Å²) in [6, 6.07) is 8.28.